The number of aromatic amines is 1. The standard InChI is InChI=1S/C13H13NO2/c1-7-9(13(15)16)6-10-8-4-2-3-5-11(8)14-12(7)10/h2-5,7,9,14H,6H2,1H3,(H,15,16)/t7-,9-/m1/s1. The van der Waals surface area contributed by atoms with Gasteiger partial charge in [0.25, 0.3) is 0 Å². The monoisotopic (exact) mass is 215 g/mol. The summed E-state index contributed by atoms with van der Waals surface area (Å²) in [5.41, 5.74) is 3.41. The lowest BCUT2D eigenvalue weighted by Gasteiger charge is -2.10. The summed E-state index contributed by atoms with van der Waals surface area (Å²) < 4.78 is 0. The summed E-state index contributed by atoms with van der Waals surface area (Å²) in [6.45, 7) is 1.99. The summed E-state index contributed by atoms with van der Waals surface area (Å²) in [6.07, 6.45) is 0.649. The molecule has 0 amide bonds. The Morgan fingerprint density at radius 3 is 2.94 bits per heavy atom. The molecule has 1 aliphatic carbocycles. The van der Waals surface area contributed by atoms with Crippen molar-refractivity contribution in [2.24, 2.45) is 5.92 Å². The Morgan fingerprint density at radius 1 is 1.44 bits per heavy atom. The Labute approximate surface area is 93.1 Å². The average Bonchev–Trinajstić information content (AvgIpc) is 2.76. The molecule has 3 heteroatoms. The Morgan fingerprint density at radius 2 is 2.19 bits per heavy atom. The molecule has 16 heavy (non-hydrogen) atoms. The van der Waals surface area contributed by atoms with Crippen LogP contribution in [0.2, 0.25) is 0 Å². The van der Waals surface area contributed by atoms with Crippen LogP contribution in [0.5, 0.6) is 0 Å². The number of hydrogen-bond donors (Lipinski definition) is 2. The third kappa shape index (κ3) is 1.11. The predicted octanol–water partition coefficient (Wildman–Crippen LogP) is 2.53. The molecule has 0 radical (unpaired) electrons. The van der Waals surface area contributed by atoms with E-state index in [1.54, 1.807) is 0 Å². The lowest BCUT2D eigenvalue weighted by Crippen LogP contribution is -2.17. The molecule has 1 aliphatic rings. The number of fused-ring (bicyclic) bond motifs is 3. The number of para-hydroxylation sites is 1. The van der Waals surface area contributed by atoms with Gasteiger partial charge in [-0.2, -0.15) is 0 Å². The minimum absolute atomic E-state index is 0.0832. The van der Waals surface area contributed by atoms with Crippen molar-refractivity contribution in [3.63, 3.8) is 0 Å². The van der Waals surface area contributed by atoms with Crippen molar-refractivity contribution >= 4 is 16.9 Å². The van der Waals surface area contributed by atoms with Crippen molar-refractivity contribution in [3.8, 4) is 0 Å². The first-order valence-electron chi connectivity index (χ1n) is 5.50. The summed E-state index contributed by atoms with van der Waals surface area (Å²) in [5, 5.41) is 10.3. The Bertz CT molecular complexity index is 570. The van der Waals surface area contributed by atoms with Crippen LogP contribution in [0.4, 0.5) is 0 Å². The van der Waals surface area contributed by atoms with E-state index in [1.165, 1.54) is 10.9 Å². The molecule has 0 aliphatic heterocycles. The first-order valence-corrected chi connectivity index (χ1v) is 5.50. The van der Waals surface area contributed by atoms with Gasteiger partial charge in [-0.25, -0.2) is 0 Å². The fourth-order valence-electron chi connectivity index (χ4n) is 2.73. The number of aliphatic carboxylic acids is 1. The fraction of sp³-hybridized carbons (Fsp3) is 0.308. The van der Waals surface area contributed by atoms with E-state index in [0.717, 1.165) is 11.2 Å². The highest BCUT2D eigenvalue weighted by atomic mass is 16.4. The van der Waals surface area contributed by atoms with Gasteiger partial charge in [0.2, 0.25) is 0 Å². The molecule has 2 aromatic rings. The van der Waals surface area contributed by atoms with Crippen LogP contribution in [0.3, 0.4) is 0 Å². The average molecular weight is 215 g/mol. The number of carboxylic acids is 1. The van der Waals surface area contributed by atoms with Gasteiger partial charge in [-0.15, -0.1) is 0 Å². The number of hydrogen-bond acceptors (Lipinski definition) is 1. The van der Waals surface area contributed by atoms with Crippen LogP contribution >= 0.6 is 0 Å². The topological polar surface area (TPSA) is 53.1 Å². The third-order valence-electron chi connectivity index (χ3n) is 3.65. The maximum absolute atomic E-state index is 11.1. The molecule has 2 atom stereocenters. The SMILES string of the molecule is C[C@H]1c2[nH]c3ccccc3c2C[C@H]1C(=O)O. The van der Waals surface area contributed by atoms with Crippen molar-refractivity contribution in [3.05, 3.63) is 35.5 Å². The van der Waals surface area contributed by atoms with E-state index in [9.17, 15) is 4.79 Å². The molecule has 1 heterocycles. The molecule has 82 valence electrons. The normalized spacial score (nSPS) is 23.6. The molecule has 2 N–H and O–H groups in total. The highest BCUT2D eigenvalue weighted by molar-refractivity contribution is 5.87. The first kappa shape index (κ1) is 9.46. The largest absolute Gasteiger partial charge is 0.481 e. The lowest BCUT2D eigenvalue weighted by molar-refractivity contribution is -0.142. The number of aromatic nitrogens is 1. The maximum Gasteiger partial charge on any atom is 0.307 e. The van der Waals surface area contributed by atoms with E-state index >= 15 is 0 Å². The summed E-state index contributed by atoms with van der Waals surface area (Å²) in [7, 11) is 0. The van der Waals surface area contributed by atoms with E-state index < -0.39 is 5.97 Å². The van der Waals surface area contributed by atoms with Gasteiger partial charge in [-0.1, -0.05) is 25.1 Å². The zero-order valence-corrected chi connectivity index (χ0v) is 9.03. The molecule has 0 spiro atoms. The van der Waals surface area contributed by atoms with Crippen molar-refractivity contribution in [1.82, 2.24) is 4.98 Å². The molecule has 0 fully saturated rings. The van der Waals surface area contributed by atoms with Crippen LogP contribution in [0, 0.1) is 5.92 Å². The summed E-state index contributed by atoms with van der Waals surface area (Å²) >= 11 is 0. The predicted molar refractivity (Wildman–Crippen MR) is 61.5 cm³/mol. The third-order valence-corrected chi connectivity index (χ3v) is 3.65. The van der Waals surface area contributed by atoms with Crippen LogP contribution < -0.4 is 0 Å². The van der Waals surface area contributed by atoms with Gasteiger partial charge in [0.15, 0.2) is 0 Å². The van der Waals surface area contributed by atoms with Crippen molar-refractivity contribution in [2.75, 3.05) is 0 Å². The Hall–Kier alpha value is -1.77. The molecular formula is C13H13NO2. The maximum atomic E-state index is 11.1. The second-order valence-corrected chi connectivity index (χ2v) is 4.50. The molecule has 3 nitrogen and oxygen atoms in total. The molecule has 3 rings (SSSR count). The fourth-order valence-corrected chi connectivity index (χ4v) is 2.73. The second kappa shape index (κ2) is 3.11. The van der Waals surface area contributed by atoms with Crippen LogP contribution in [0.1, 0.15) is 24.1 Å². The quantitative estimate of drug-likeness (QED) is 0.768. The van der Waals surface area contributed by atoms with Crippen LogP contribution in [0.25, 0.3) is 10.9 Å². The van der Waals surface area contributed by atoms with Crippen molar-refractivity contribution in [2.45, 2.75) is 19.3 Å². The number of rotatable bonds is 1. The number of nitrogens with one attached hydrogen (secondary N) is 1. The highest BCUT2D eigenvalue weighted by Gasteiger charge is 2.36. The molecule has 1 aromatic heterocycles. The number of carboxylic acid groups (broad SMARTS) is 1. The van der Waals surface area contributed by atoms with E-state index in [4.69, 9.17) is 5.11 Å². The number of benzene rings is 1. The minimum Gasteiger partial charge on any atom is -0.481 e. The summed E-state index contributed by atoms with van der Waals surface area (Å²) in [6, 6.07) is 8.08. The van der Waals surface area contributed by atoms with Gasteiger partial charge in [0, 0.05) is 22.5 Å². The number of H-pyrrole nitrogens is 1. The van der Waals surface area contributed by atoms with Gasteiger partial charge in [0.05, 0.1) is 5.92 Å². The van der Waals surface area contributed by atoms with Gasteiger partial charge in [-0.05, 0) is 18.1 Å². The van der Waals surface area contributed by atoms with Crippen LogP contribution in [-0.2, 0) is 11.2 Å². The van der Waals surface area contributed by atoms with Gasteiger partial charge in [-0.3, -0.25) is 4.79 Å². The van der Waals surface area contributed by atoms with Crippen molar-refractivity contribution in [1.29, 1.82) is 0 Å². The zero-order chi connectivity index (χ0) is 11.3. The van der Waals surface area contributed by atoms with E-state index in [0.29, 0.717) is 6.42 Å². The van der Waals surface area contributed by atoms with E-state index in [2.05, 4.69) is 11.1 Å². The lowest BCUT2D eigenvalue weighted by atomic mass is 9.97. The van der Waals surface area contributed by atoms with Gasteiger partial charge >= 0.3 is 5.97 Å². The molecule has 0 saturated carbocycles. The first-order chi connectivity index (χ1) is 7.68. The highest BCUT2D eigenvalue weighted by Crippen LogP contribution is 2.41. The van der Waals surface area contributed by atoms with Crippen molar-refractivity contribution < 1.29 is 9.90 Å². The van der Waals surface area contributed by atoms with Crippen LogP contribution in [0.15, 0.2) is 24.3 Å². The van der Waals surface area contributed by atoms with Crippen LogP contribution in [-0.4, -0.2) is 16.1 Å². The molecule has 0 bridgehead atoms. The van der Waals surface area contributed by atoms with E-state index in [-0.39, 0.29) is 11.8 Å². The second-order valence-electron chi connectivity index (χ2n) is 4.50. The molecule has 1 aromatic carbocycles. The Balaban J connectivity index is 2.18. The minimum atomic E-state index is -0.693. The van der Waals surface area contributed by atoms with E-state index in [1.807, 2.05) is 25.1 Å². The Kier molecular flexibility index (Phi) is 1.84. The summed E-state index contributed by atoms with van der Waals surface area (Å²) in [5.74, 6) is -0.882. The molecule has 0 saturated heterocycles. The van der Waals surface area contributed by atoms with Gasteiger partial charge in [0.1, 0.15) is 0 Å². The zero-order valence-electron chi connectivity index (χ0n) is 9.03. The number of carbonyl (C=O) groups is 1. The molecule has 0 unspecified atom stereocenters. The smallest absolute Gasteiger partial charge is 0.307 e. The molecular weight excluding hydrogens is 202 g/mol. The summed E-state index contributed by atoms with van der Waals surface area (Å²) in [4.78, 5) is 14.4. The van der Waals surface area contributed by atoms with Gasteiger partial charge < -0.3 is 10.1 Å².